The summed E-state index contributed by atoms with van der Waals surface area (Å²) < 4.78 is 144. The zero-order valence-corrected chi connectivity index (χ0v) is 22.2. The van der Waals surface area contributed by atoms with Gasteiger partial charge in [-0.15, -0.1) is 0 Å². The Morgan fingerprint density at radius 1 is 0.419 bits per heavy atom. The SMILES string of the molecule is [2H]c1cc2c(-c3cccc(-c4c([2H])c([2H])c5c(oc6c([2H])c([2H])c([2H])c([2H])c65)c4[2H])c3)c3cc([2H])c([2H])cc3c(-c3cc([2H])c([2H])c4c([2H])c([2H])c([2H])cc34)c2cc1[2H]. The molecule has 43 heavy (non-hydrogen) atoms. The van der Waals surface area contributed by atoms with Crippen molar-refractivity contribution in [2.75, 3.05) is 0 Å². The van der Waals surface area contributed by atoms with E-state index in [4.69, 9.17) is 25.0 Å². The normalized spacial score (nSPS) is 16.9. The van der Waals surface area contributed by atoms with Crippen molar-refractivity contribution in [3.05, 3.63) is 157 Å². The van der Waals surface area contributed by atoms with Crippen molar-refractivity contribution < 1.29 is 26.3 Å². The Morgan fingerprint density at radius 2 is 1.05 bits per heavy atom. The summed E-state index contributed by atoms with van der Waals surface area (Å²) in [5.74, 6) is 0. The third-order valence-corrected chi connectivity index (χ3v) is 7.73. The fraction of sp³-hybridized carbons (Fsp3) is 0. The second kappa shape index (κ2) is 9.44. The Balaban J connectivity index is 1.39. The summed E-state index contributed by atoms with van der Waals surface area (Å²) in [4.78, 5) is 0. The van der Waals surface area contributed by atoms with Gasteiger partial charge >= 0.3 is 0 Å². The second-order valence-corrected chi connectivity index (χ2v) is 10.1. The minimum atomic E-state index is -0.545. The summed E-state index contributed by atoms with van der Waals surface area (Å²) >= 11 is 0. The lowest BCUT2D eigenvalue weighted by Gasteiger charge is -2.19. The van der Waals surface area contributed by atoms with E-state index in [1.807, 2.05) is 0 Å². The molecule has 0 fully saturated rings. The van der Waals surface area contributed by atoms with Crippen molar-refractivity contribution in [2.45, 2.75) is 0 Å². The van der Waals surface area contributed by atoms with Crippen molar-refractivity contribution >= 4 is 54.3 Å². The minimum Gasteiger partial charge on any atom is -0.456 e. The molecule has 0 amide bonds. The van der Waals surface area contributed by atoms with E-state index in [1.165, 1.54) is 36.4 Å². The summed E-state index contributed by atoms with van der Waals surface area (Å²) in [6.45, 7) is 0. The molecular formula is C42H26O. The second-order valence-electron chi connectivity index (χ2n) is 10.1. The van der Waals surface area contributed by atoms with Gasteiger partial charge in [0.05, 0.1) is 21.9 Å². The number of benzene rings is 8. The van der Waals surface area contributed by atoms with Gasteiger partial charge in [-0.2, -0.15) is 0 Å². The number of hydrogen-bond acceptors (Lipinski definition) is 1. The molecule has 0 bridgehead atoms. The lowest BCUT2D eigenvalue weighted by Crippen LogP contribution is -1.92. The number of fused-ring (bicyclic) bond motifs is 6. The molecule has 0 aliphatic carbocycles. The zero-order chi connectivity index (χ0) is 42.3. The molecule has 1 heterocycles. The molecule has 0 saturated carbocycles. The lowest BCUT2D eigenvalue weighted by atomic mass is 9.84. The highest BCUT2D eigenvalue weighted by atomic mass is 16.3. The Labute approximate surface area is 271 Å². The maximum atomic E-state index is 9.23. The lowest BCUT2D eigenvalue weighted by molar-refractivity contribution is 0.669. The van der Waals surface area contributed by atoms with Gasteiger partial charge < -0.3 is 4.42 Å². The molecule has 0 unspecified atom stereocenters. The molecule has 0 spiro atoms. The Hall–Kier alpha value is -5.66. The Morgan fingerprint density at radius 3 is 1.86 bits per heavy atom. The molecule has 9 aromatic rings. The van der Waals surface area contributed by atoms with Gasteiger partial charge in [-0.05, 0) is 89.9 Å². The zero-order valence-electron chi connectivity index (χ0n) is 38.2. The van der Waals surface area contributed by atoms with Crippen LogP contribution in [0.2, 0.25) is 0 Å². The predicted molar refractivity (Wildman–Crippen MR) is 183 cm³/mol. The highest BCUT2D eigenvalue weighted by Gasteiger charge is 2.18. The van der Waals surface area contributed by atoms with Gasteiger partial charge in [-0.3, -0.25) is 0 Å². The van der Waals surface area contributed by atoms with Gasteiger partial charge in [-0.1, -0.05) is 133 Å². The minimum absolute atomic E-state index is 0.0239. The van der Waals surface area contributed by atoms with Crippen LogP contribution in [-0.4, -0.2) is 0 Å². The van der Waals surface area contributed by atoms with Crippen molar-refractivity contribution in [3.8, 4) is 33.4 Å². The molecule has 9 rings (SSSR count). The predicted octanol–water partition coefficient (Wildman–Crippen LogP) is 12.0. The van der Waals surface area contributed by atoms with Gasteiger partial charge in [0, 0.05) is 10.8 Å². The molecule has 8 aromatic carbocycles. The largest absolute Gasteiger partial charge is 0.456 e. The van der Waals surface area contributed by atoms with Gasteiger partial charge in [-0.25, -0.2) is 0 Å². The summed E-state index contributed by atoms with van der Waals surface area (Å²) in [6.07, 6.45) is 0. The van der Waals surface area contributed by atoms with E-state index < -0.39 is 48.3 Å². The molecular weight excluding hydrogens is 520 g/mol. The molecule has 0 aliphatic heterocycles. The average Bonchev–Trinajstić information content (AvgIpc) is 3.61. The van der Waals surface area contributed by atoms with Crippen LogP contribution in [0.3, 0.4) is 0 Å². The molecule has 0 N–H and O–H groups in total. The summed E-state index contributed by atoms with van der Waals surface area (Å²) in [6, 6.07) is 9.82. The van der Waals surface area contributed by atoms with E-state index in [2.05, 4.69) is 0 Å². The summed E-state index contributed by atoms with van der Waals surface area (Å²) in [7, 11) is 0. The van der Waals surface area contributed by atoms with E-state index >= 15 is 0 Å². The molecule has 200 valence electrons. The Kier molecular flexibility index (Phi) is 2.88. The third kappa shape index (κ3) is 3.72. The maximum absolute atomic E-state index is 9.23. The summed E-state index contributed by atoms with van der Waals surface area (Å²) in [5, 5.41) is 1.57. The van der Waals surface area contributed by atoms with E-state index in [9.17, 15) is 1.37 Å². The van der Waals surface area contributed by atoms with Crippen molar-refractivity contribution in [1.29, 1.82) is 0 Å². The van der Waals surface area contributed by atoms with E-state index in [0.29, 0.717) is 38.2 Å². The van der Waals surface area contributed by atoms with Crippen LogP contribution in [0, 0.1) is 0 Å². The standard InChI is InChI=1S/C42H26O/c1-2-15-31-27(11-1)12-10-21-34(31)42-37-19-5-3-17-35(37)41(36-18-4-6-20-38(36)42)30-14-9-13-28(25-30)29-23-24-33-32-16-7-8-22-39(32)43-40(33)26-29/h1-26H/i1D,2D,3D,4D,5D,6D,7D,8D,10D,11D,12D,16D,22D,23D,24D,26D. The third-order valence-electron chi connectivity index (χ3n) is 7.73. The van der Waals surface area contributed by atoms with Crippen molar-refractivity contribution in [1.82, 2.24) is 0 Å². The van der Waals surface area contributed by atoms with Gasteiger partial charge in [0.15, 0.2) is 0 Å². The quantitative estimate of drug-likeness (QED) is 0.195. The highest BCUT2D eigenvalue weighted by molar-refractivity contribution is 6.23. The first-order valence-corrected chi connectivity index (χ1v) is 13.4. The van der Waals surface area contributed by atoms with E-state index in [0.717, 1.165) is 0 Å². The molecule has 0 atom stereocenters. The van der Waals surface area contributed by atoms with Gasteiger partial charge in [0.1, 0.15) is 11.2 Å². The average molecular weight is 563 g/mol. The number of para-hydroxylation sites is 1. The topological polar surface area (TPSA) is 13.1 Å². The Bertz CT molecular complexity index is 3340. The van der Waals surface area contributed by atoms with Crippen molar-refractivity contribution in [3.63, 3.8) is 0 Å². The highest BCUT2D eigenvalue weighted by Crippen LogP contribution is 2.45. The molecule has 0 aliphatic rings. The fourth-order valence-corrected chi connectivity index (χ4v) is 5.88. The van der Waals surface area contributed by atoms with Crippen LogP contribution in [0.1, 0.15) is 21.9 Å². The molecule has 0 radical (unpaired) electrons. The van der Waals surface area contributed by atoms with Crippen molar-refractivity contribution in [2.24, 2.45) is 0 Å². The van der Waals surface area contributed by atoms with Crippen LogP contribution in [0.5, 0.6) is 0 Å². The number of hydrogen-bond donors (Lipinski definition) is 0. The van der Waals surface area contributed by atoms with Crippen LogP contribution in [0.4, 0.5) is 0 Å². The molecule has 1 heteroatoms. The number of rotatable bonds is 3. The van der Waals surface area contributed by atoms with E-state index in [-0.39, 0.29) is 97.7 Å². The smallest absolute Gasteiger partial charge is 0.136 e. The van der Waals surface area contributed by atoms with Gasteiger partial charge in [0.2, 0.25) is 0 Å². The first kappa shape index (κ1) is 13.1. The molecule has 1 nitrogen and oxygen atoms in total. The van der Waals surface area contributed by atoms with Crippen LogP contribution in [-0.2, 0) is 0 Å². The molecule has 0 saturated heterocycles. The monoisotopic (exact) mass is 562 g/mol. The van der Waals surface area contributed by atoms with Crippen LogP contribution in [0.15, 0.2) is 162 Å². The maximum Gasteiger partial charge on any atom is 0.136 e. The van der Waals surface area contributed by atoms with Crippen LogP contribution < -0.4 is 0 Å². The molecule has 1 aromatic heterocycles. The van der Waals surface area contributed by atoms with Crippen LogP contribution in [0.25, 0.3) is 87.6 Å². The first-order valence-electron chi connectivity index (χ1n) is 21.4. The summed E-state index contributed by atoms with van der Waals surface area (Å²) in [5.41, 5.74) is 1.39. The first-order chi connectivity index (χ1) is 27.9. The van der Waals surface area contributed by atoms with Gasteiger partial charge in [0.25, 0.3) is 0 Å². The number of furan rings is 1. The fourth-order valence-electron chi connectivity index (χ4n) is 5.88. The van der Waals surface area contributed by atoms with E-state index in [1.54, 1.807) is 24.3 Å². The van der Waals surface area contributed by atoms with Crippen LogP contribution >= 0.6 is 0 Å².